The van der Waals surface area contributed by atoms with Gasteiger partial charge < -0.3 is 10.1 Å². The summed E-state index contributed by atoms with van der Waals surface area (Å²) in [6.45, 7) is 0. The molecule has 2 aromatic carbocycles. The number of methoxy groups -OCH3 is 1. The van der Waals surface area contributed by atoms with E-state index in [9.17, 15) is 18.4 Å². The first-order valence-electron chi connectivity index (χ1n) is 12.8. The molecule has 1 atom stereocenters. The van der Waals surface area contributed by atoms with Crippen LogP contribution in [0.1, 0.15) is 48.6 Å². The highest BCUT2D eigenvalue weighted by Gasteiger charge is 2.22. The SMILES string of the molecule is COC(=O)Cc1ccc2c(c1)NC(=O)CCCCC(c1ccc(-c3c(F)ccc(Cl)c3F)cn1)c1cc-2ncn1. The minimum Gasteiger partial charge on any atom is -0.469 e. The smallest absolute Gasteiger partial charge is 0.309 e. The molecule has 1 aliphatic rings. The van der Waals surface area contributed by atoms with Gasteiger partial charge in [-0.05, 0) is 48.7 Å². The molecule has 1 aliphatic heterocycles. The second-order valence-corrected chi connectivity index (χ2v) is 9.90. The summed E-state index contributed by atoms with van der Waals surface area (Å²) in [5.41, 5.74) is 3.95. The molecule has 0 saturated carbocycles. The Morgan fingerprint density at radius 2 is 1.90 bits per heavy atom. The average molecular weight is 563 g/mol. The third-order valence-corrected chi connectivity index (χ3v) is 7.17. The number of ether oxygens (including phenoxy) is 1. The van der Waals surface area contributed by atoms with E-state index in [1.165, 1.54) is 25.7 Å². The van der Waals surface area contributed by atoms with Gasteiger partial charge in [-0.1, -0.05) is 36.2 Å². The van der Waals surface area contributed by atoms with Gasteiger partial charge in [0, 0.05) is 35.4 Å². The number of amides is 1. The molecule has 5 rings (SSSR count). The summed E-state index contributed by atoms with van der Waals surface area (Å²) >= 11 is 5.87. The van der Waals surface area contributed by atoms with E-state index in [0.717, 1.165) is 11.8 Å². The first-order valence-corrected chi connectivity index (χ1v) is 13.1. The number of fused-ring (bicyclic) bond motifs is 4. The number of nitrogens with one attached hydrogen (secondary N) is 1. The third kappa shape index (κ3) is 5.84. The van der Waals surface area contributed by atoms with Gasteiger partial charge >= 0.3 is 5.97 Å². The molecule has 10 heteroatoms. The summed E-state index contributed by atoms with van der Waals surface area (Å²) in [6, 6.07) is 12.8. The number of carbonyl (C=O) groups is 2. The molecule has 0 spiro atoms. The predicted octanol–water partition coefficient (Wildman–Crippen LogP) is 6.50. The second kappa shape index (κ2) is 11.9. The molecule has 1 unspecified atom stereocenters. The van der Waals surface area contributed by atoms with Crippen LogP contribution in [-0.2, 0) is 20.7 Å². The molecule has 1 N–H and O–H groups in total. The van der Waals surface area contributed by atoms with Crippen LogP contribution in [0.3, 0.4) is 0 Å². The molecule has 0 saturated heterocycles. The Balaban J connectivity index is 1.53. The molecule has 0 fully saturated rings. The van der Waals surface area contributed by atoms with Gasteiger partial charge in [0.25, 0.3) is 0 Å². The Morgan fingerprint density at radius 1 is 1.05 bits per heavy atom. The van der Waals surface area contributed by atoms with E-state index in [2.05, 4.69) is 20.3 Å². The number of rotatable bonds is 4. The zero-order valence-electron chi connectivity index (χ0n) is 21.6. The monoisotopic (exact) mass is 562 g/mol. The fraction of sp³-hybridized carbons (Fsp3) is 0.233. The maximum atomic E-state index is 14.6. The lowest BCUT2D eigenvalue weighted by Gasteiger charge is -2.19. The number of hydrogen-bond donors (Lipinski definition) is 1. The van der Waals surface area contributed by atoms with Gasteiger partial charge in [0.15, 0.2) is 5.82 Å². The lowest BCUT2D eigenvalue weighted by atomic mass is 9.91. The van der Waals surface area contributed by atoms with Crippen molar-refractivity contribution in [2.75, 3.05) is 12.4 Å². The molecule has 40 heavy (non-hydrogen) atoms. The Bertz CT molecular complexity index is 1580. The van der Waals surface area contributed by atoms with Gasteiger partial charge in [0.05, 0.1) is 41.2 Å². The molecule has 4 aromatic rings. The highest BCUT2D eigenvalue weighted by atomic mass is 35.5. The number of pyridine rings is 1. The molecule has 0 aliphatic carbocycles. The summed E-state index contributed by atoms with van der Waals surface area (Å²) in [7, 11) is 1.33. The van der Waals surface area contributed by atoms with Crippen molar-refractivity contribution < 1.29 is 23.1 Å². The number of nitrogens with zero attached hydrogens (tertiary/aromatic N) is 3. The van der Waals surface area contributed by atoms with Gasteiger partial charge in [-0.3, -0.25) is 14.6 Å². The maximum Gasteiger partial charge on any atom is 0.309 e. The van der Waals surface area contributed by atoms with Crippen molar-refractivity contribution >= 4 is 29.2 Å². The van der Waals surface area contributed by atoms with Crippen molar-refractivity contribution in [1.29, 1.82) is 0 Å². The Morgan fingerprint density at radius 3 is 2.67 bits per heavy atom. The Labute approximate surface area is 234 Å². The number of carbonyl (C=O) groups excluding carboxylic acids is 2. The number of anilines is 1. The summed E-state index contributed by atoms with van der Waals surface area (Å²) in [5, 5.41) is 2.79. The zero-order valence-corrected chi connectivity index (χ0v) is 22.3. The molecule has 2 bridgehead atoms. The van der Waals surface area contributed by atoms with Crippen molar-refractivity contribution in [3.8, 4) is 22.4 Å². The lowest BCUT2D eigenvalue weighted by molar-refractivity contribution is -0.139. The van der Waals surface area contributed by atoms with Crippen molar-refractivity contribution in [2.24, 2.45) is 0 Å². The largest absolute Gasteiger partial charge is 0.469 e. The molecular weight excluding hydrogens is 538 g/mol. The summed E-state index contributed by atoms with van der Waals surface area (Å²) in [6.07, 6.45) is 5.27. The number of halogens is 3. The first kappa shape index (κ1) is 27.3. The van der Waals surface area contributed by atoms with E-state index in [1.807, 2.05) is 12.1 Å². The fourth-order valence-electron chi connectivity index (χ4n) is 4.82. The maximum absolute atomic E-state index is 14.6. The first-order chi connectivity index (χ1) is 19.3. The van der Waals surface area contributed by atoms with E-state index >= 15 is 0 Å². The van der Waals surface area contributed by atoms with Gasteiger partial charge in [-0.25, -0.2) is 18.7 Å². The van der Waals surface area contributed by atoms with Crippen molar-refractivity contribution in [3.05, 3.63) is 94.7 Å². The van der Waals surface area contributed by atoms with Crippen LogP contribution < -0.4 is 5.32 Å². The summed E-state index contributed by atoms with van der Waals surface area (Å²) < 4.78 is 33.8. The van der Waals surface area contributed by atoms with Crippen molar-refractivity contribution in [2.45, 2.75) is 38.0 Å². The van der Waals surface area contributed by atoms with Crippen LogP contribution in [0, 0.1) is 11.6 Å². The Hall–Kier alpha value is -4.24. The van der Waals surface area contributed by atoms with Crippen LogP contribution in [-0.4, -0.2) is 33.9 Å². The second-order valence-electron chi connectivity index (χ2n) is 9.50. The van der Waals surface area contributed by atoms with Crippen LogP contribution in [0.2, 0.25) is 5.02 Å². The molecule has 3 heterocycles. The van der Waals surface area contributed by atoms with Crippen LogP contribution in [0.25, 0.3) is 22.4 Å². The third-order valence-electron chi connectivity index (χ3n) is 6.88. The molecule has 7 nitrogen and oxygen atoms in total. The Kier molecular flexibility index (Phi) is 8.11. The summed E-state index contributed by atoms with van der Waals surface area (Å²) in [5.74, 6) is -2.33. The number of esters is 1. The van der Waals surface area contributed by atoms with E-state index in [0.29, 0.717) is 53.9 Å². The minimum atomic E-state index is -0.839. The van der Waals surface area contributed by atoms with E-state index in [4.69, 9.17) is 16.3 Å². The van der Waals surface area contributed by atoms with Gasteiger partial charge in [0.1, 0.15) is 12.1 Å². The average Bonchev–Trinajstić information content (AvgIpc) is 2.95. The van der Waals surface area contributed by atoms with Crippen LogP contribution in [0.4, 0.5) is 14.5 Å². The highest BCUT2D eigenvalue weighted by Crippen LogP contribution is 2.35. The fourth-order valence-corrected chi connectivity index (χ4v) is 4.98. The molecular formula is C30H25ClF2N4O3. The normalized spacial score (nSPS) is 15.3. The lowest BCUT2D eigenvalue weighted by Crippen LogP contribution is -2.14. The zero-order chi connectivity index (χ0) is 28.2. The van der Waals surface area contributed by atoms with E-state index < -0.39 is 11.6 Å². The van der Waals surface area contributed by atoms with Crippen LogP contribution in [0.15, 0.2) is 61.1 Å². The van der Waals surface area contributed by atoms with Crippen molar-refractivity contribution in [1.82, 2.24) is 15.0 Å². The van der Waals surface area contributed by atoms with Gasteiger partial charge in [-0.15, -0.1) is 0 Å². The van der Waals surface area contributed by atoms with Crippen LogP contribution >= 0.6 is 11.6 Å². The summed E-state index contributed by atoms with van der Waals surface area (Å²) in [4.78, 5) is 38.1. The molecule has 2 aromatic heterocycles. The topological polar surface area (TPSA) is 94.1 Å². The van der Waals surface area contributed by atoms with Gasteiger partial charge in [-0.2, -0.15) is 0 Å². The number of hydrogen-bond acceptors (Lipinski definition) is 6. The van der Waals surface area contributed by atoms with Crippen molar-refractivity contribution in [3.63, 3.8) is 0 Å². The number of benzene rings is 2. The highest BCUT2D eigenvalue weighted by molar-refractivity contribution is 6.31. The quantitative estimate of drug-likeness (QED) is 0.225. The molecule has 204 valence electrons. The van der Waals surface area contributed by atoms with Crippen LogP contribution in [0.5, 0.6) is 0 Å². The standard InChI is InChI=1S/C30H25ClF2N4O3/c1-40-28(39)13-17-6-8-20-25-14-24(35-16-36-25)19(4-2-3-5-27(38)37-26(20)12-17)23-11-7-18(15-34-23)29-22(32)10-9-21(31)30(29)33/h6-12,14-16,19H,2-5,13H2,1H3,(H,37,38). The predicted molar refractivity (Wildman–Crippen MR) is 147 cm³/mol. The molecule has 0 radical (unpaired) electrons. The minimum absolute atomic E-state index is 0.0708. The van der Waals surface area contributed by atoms with E-state index in [-0.39, 0.29) is 40.4 Å². The molecule has 1 amide bonds. The van der Waals surface area contributed by atoms with E-state index in [1.54, 1.807) is 24.3 Å². The van der Waals surface area contributed by atoms with Gasteiger partial charge in [0.2, 0.25) is 5.91 Å². The number of aromatic nitrogens is 3.